The highest BCUT2D eigenvalue weighted by atomic mass is 16.2. The molecule has 5 heterocycles. The van der Waals surface area contributed by atoms with Crippen molar-refractivity contribution < 1.29 is 4.79 Å². The number of anilines is 1. The predicted octanol–water partition coefficient (Wildman–Crippen LogP) is 4.54. The van der Waals surface area contributed by atoms with Gasteiger partial charge in [0, 0.05) is 69.6 Å². The Hall–Kier alpha value is -3.35. The highest BCUT2D eigenvalue weighted by Crippen LogP contribution is 2.39. The van der Waals surface area contributed by atoms with Crippen molar-refractivity contribution in [2.24, 2.45) is 13.0 Å². The number of fused-ring (bicyclic) bond motifs is 2. The van der Waals surface area contributed by atoms with Crippen LogP contribution in [0.5, 0.6) is 0 Å². The van der Waals surface area contributed by atoms with Gasteiger partial charge in [0.2, 0.25) is 5.91 Å². The molecule has 1 N–H and O–H groups in total. The Morgan fingerprint density at radius 2 is 2.03 bits per heavy atom. The Balaban J connectivity index is 1.45. The standard InChI is InChI=1S/C26H32N6O/c1-16(2)23-24(19-15-31(5)26-18(19)7-6-12-27-26)28-20-9-10-21(29-25(20)23)32-13-17(14-32)8-11-22(33)30(3)4/h6-7,9-10,12,15-17,28H,8,11,13-14H2,1-5H3. The lowest BCUT2D eigenvalue weighted by molar-refractivity contribution is -0.129. The van der Waals surface area contributed by atoms with Crippen LogP contribution in [-0.4, -0.2) is 57.5 Å². The van der Waals surface area contributed by atoms with E-state index in [1.165, 1.54) is 11.1 Å². The monoisotopic (exact) mass is 444 g/mol. The van der Waals surface area contributed by atoms with Crippen LogP contribution in [0, 0.1) is 5.92 Å². The Morgan fingerprint density at radius 1 is 1.24 bits per heavy atom. The molecule has 0 atom stereocenters. The molecule has 5 rings (SSSR count). The van der Waals surface area contributed by atoms with Gasteiger partial charge in [-0.05, 0) is 42.5 Å². The summed E-state index contributed by atoms with van der Waals surface area (Å²) >= 11 is 0. The number of amides is 1. The Kier molecular flexibility index (Phi) is 5.35. The van der Waals surface area contributed by atoms with Crippen molar-refractivity contribution in [2.75, 3.05) is 32.1 Å². The SMILES string of the molecule is CC(C)c1c(-c2cn(C)c3ncccc23)[nH]c2ccc(N3CC(CCC(=O)N(C)C)C3)nc12. The molecule has 0 radical (unpaired) electrons. The van der Waals surface area contributed by atoms with Gasteiger partial charge in [-0.15, -0.1) is 0 Å². The summed E-state index contributed by atoms with van der Waals surface area (Å²) in [7, 11) is 5.68. The maximum absolute atomic E-state index is 11.9. The number of hydrogen-bond acceptors (Lipinski definition) is 4. The third-order valence-corrected chi connectivity index (χ3v) is 6.79. The predicted molar refractivity (Wildman–Crippen MR) is 134 cm³/mol. The summed E-state index contributed by atoms with van der Waals surface area (Å²) in [5.74, 6) is 2.10. The minimum atomic E-state index is 0.207. The number of nitrogens with one attached hydrogen (secondary N) is 1. The number of aromatic nitrogens is 4. The summed E-state index contributed by atoms with van der Waals surface area (Å²) in [5, 5.41) is 1.14. The zero-order valence-corrected chi connectivity index (χ0v) is 20.1. The number of carbonyl (C=O) groups excluding carboxylic acids is 1. The average Bonchev–Trinajstić information content (AvgIpc) is 3.30. The van der Waals surface area contributed by atoms with Crippen LogP contribution < -0.4 is 4.90 Å². The second-order valence-electron chi connectivity index (χ2n) is 9.76. The molecule has 4 aromatic rings. The van der Waals surface area contributed by atoms with E-state index in [1.54, 1.807) is 4.90 Å². The zero-order valence-electron chi connectivity index (χ0n) is 20.1. The number of aryl methyl sites for hydroxylation is 1. The maximum Gasteiger partial charge on any atom is 0.222 e. The zero-order chi connectivity index (χ0) is 23.3. The fraction of sp³-hybridized carbons (Fsp3) is 0.423. The summed E-state index contributed by atoms with van der Waals surface area (Å²) in [4.78, 5) is 29.2. The van der Waals surface area contributed by atoms with Gasteiger partial charge in [-0.1, -0.05) is 13.8 Å². The number of pyridine rings is 2. The van der Waals surface area contributed by atoms with Crippen LogP contribution in [0.3, 0.4) is 0 Å². The molecule has 1 fully saturated rings. The van der Waals surface area contributed by atoms with Crippen molar-refractivity contribution in [3.63, 3.8) is 0 Å². The molecule has 0 saturated carbocycles. The fourth-order valence-electron chi connectivity index (χ4n) is 4.93. The van der Waals surface area contributed by atoms with E-state index in [9.17, 15) is 4.79 Å². The van der Waals surface area contributed by atoms with Crippen LogP contribution in [0.4, 0.5) is 5.82 Å². The van der Waals surface area contributed by atoms with Gasteiger partial charge in [0.25, 0.3) is 0 Å². The topological polar surface area (TPSA) is 70.1 Å². The smallest absolute Gasteiger partial charge is 0.222 e. The first-order chi connectivity index (χ1) is 15.8. The van der Waals surface area contributed by atoms with Crippen LogP contribution in [0.25, 0.3) is 33.3 Å². The summed E-state index contributed by atoms with van der Waals surface area (Å²) < 4.78 is 2.08. The number of aromatic amines is 1. The molecule has 172 valence electrons. The molecule has 1 aliphatic heterocycles. The van der Waals surface area contributed by atoms with Crippen molar-refractivity contribution >= 4 is 33.8 Å². The summed E-state index contributed by atoms with van der Waals surface area (Å²) in [5.41, 5.74) is 6.63. The molecule has 7 nitrogen and oxygen atoms in total. The molecule has 0 spiro atoms. The third-order valence-electron chi connectivity index (χ3n) is 6.79. The molecule has 4 aromatic heterocycles. The van der Waals surface area contributed by atoms with Crippen molar-refractivity contribution in [2.45, 2.75) is 32.6 Å². The molecule has 7 heteroatoms. The summed E-state index contributed by atoms with van der Waals surface area (Å²) in [6, 6.07) is 8.39. The number of rotatable bonds is 6. The van der Waals surface area contributed by atoms with E-state index in [1.807, 2.05) is 33.4 Å². The van der Waals surface area contributed by atoms with E-state index in [-0.39, 0.29) is 5.91 Å². The van der Waals surface area contributed by atoms with Crippen LogP contribution in [0.1, 0.15) is 38.2 Å². The molecule has 0 aromatic carbocycles. The molecule has 0 bridgehead atoms. The van der Waals surface area contributed by atoms with Crippen LogP contribution >= 0.6 is 0 Å². The summed E-state index contributed by atoms with van der Waals surface area (Å²) in [6.45, 7) is 6.38. The van der Waals surface area contributed by atoms with E-state index in [0.29, 0.717) is 18.3 Å². The first kappa shape index (κ1) is 21.5. The van der Waals surface area contributed by atoms with Gasteiger partial charge < -0.3 is 19.4 Å². The van der Waals surface area contributed by atoms with Gasteiger partial charge in [0.15, 0.2) is 0 Å². The van der Waals surface area contributed by atoms with Gasteiger partial charge in [0.1, 0.15) is 11.5 Å². The van der Waals surface area contributed by atoms with E-state index >= 15 is 0 Å². The Bertz CT molecular complexity index is 1330. The normalized spacial score (nSPS) is 14.4. The van der Waals surface area contributed by atoms with Gasteiger partial charge in [-0.3, -0.25) is 4.79 Å². The first-order valence-electron chi connectivity index (χ1n) is 11.7. The minimum absolute atomic E-state index is 0.207. The number of carbonyl (C=O) groups is 1. The van der Waals surface area contributed by atoms with Crippen molar-refractivity contribution in [3.8, 4) is 11.3 Å². The molecule has 0 aliphatic carbocycles. The number of hydrogen-bond donors (Lipinski definition) is 1. The average molecular weight is 445 g/mol. The van der Waals surface area contributed by atoms with Crippen molar-refractivity contribution in [1.29, 1.82) is 0 Å². The van der Waals surface area contributed by atoms with Gasteiger partial charge in [0.05, 0.1) is 16.7 Å². The van der Waals surface area contributed by atoms with Crippen LogP contribution in [0.15, 0.2) is 36.7 Å². The summed E-state index contributed by atoms with van der Waals surface area (Å²) in [6.07, 6.45) is 5.56. The second-order valence-corrected chi connectivity index (χ2v) is 9.76. The van der Waals surface area contributed by atoms with Crippen LogP contribution in [-0.2, 0) is 11.8 Å². The lowest BCUT2D eigenvalue weighted by Gasteiger charge is -2.40. The second kappa shape index (κ2) is 8.21. The Morgan fingerprint density at radius 3 is 2.76 bits per heavy atom. The largest absolute Gasteiger partial charge is 0.356 e. The molecular weight excluding hydrogens is 412 g/mol. The van der Waals surface area contributed by atoms with E-state index in [0.717, 1.165) is 53.1 Å². The fourth-order valence-corrected chi connectivity index (χ4v) is 4.93. The quantitative estimate of drug-likeness (QED) is 0.474. The van der Waals surface area contributed by atoms with Crippen molar-refractivity contribution in [1.82, 2.24) is 24.4 Å². The molecule has 1 aliphatic rings. The molecule has 0 unspecified atom stereocenters. The molecule has 1 amide bonds. The van der Waals surface area contributed by atoms with E-state index in [4.69, 9.17) is 4.98 Å². The first-order valence-corrected chi connectivity index (χ1v) is 11.7. The molecule has 33 heavy (non-hydrogen) atoms. The van der Waals surface area contributed by atoms with E-state index in [2.05, 4.69) is 57.7 Å². The van der Waals surface area contributed by atoms with Gasteiger partial charge in [-0.2, -0.15) is 0 Å². The van der Waals surface area contributed by atoms with Gasteiger partial charge >= 0.3 is 0 Å². The molecule has 1 saturated heterocycles. The van der Waals surface area contributed by atoms with Gasteiger partial charge in [-0.25, -0.2) is 9.97 Å². The van der Waals surface area contributed by atoms with E-state index < -0.39 is 0 Å². The minimum Gasteiger partial charge on any atom is -0.356 e. The Labute approximate surface area is 194 Å². The highest BCUT2D eigenvalue weighted by molar-refractivity contribution is 5.98. The van der Waals surface area contributed by atoms with Crippen LogP contribution in [0.2, 0.25) is 0 Å². The highest BCUT2D eigenvalue weighted by Gasteiger charge is 2.29. The lowest BCUT2D eigenvalue weighted by Crippen LogP contribution is -2.47. The third kappa shape index (κ3) is 3.75. The maximum atomic E-state index is 11.9. The number of nitrogens with zero attached hydrogens (tertiary/aromatic N) is 5. The lowest BCUT2D eigenvalue weighted by atomic mass is 9.94. The molecular formula is C26H32N6O. The van der Waals surface area contributed by atoms with Crippen molar-refractivity contribution in [3.05, 3.63) is 42.2 Å². The number of H-pyrrole nitrogens is 1.